The average molecular weight is 388 g/mol. The first-order valence-electron chi connectivity index (χ1n) is 9.24. The van der Waals surface area contributed by atoms with Crippen LogP contribution in [0.15, 0.2) is 24.3 Å². The van der Waals surface area contributed by atoms with Gasteiger partial charge in [0.25, 0.3) is 11.8 Å². The summed E-state index contributed by atoms with van der Waals surface area (Å²) >= 11 is 0. The van der Waals surface area contributed by atoms with Crippen molar-refractivity contribution in [1.29, 1.82) is 0 Å². The lowest BCUT2D eigenvalue weighted by Gasteiger charge is -2.36. The van der Waals surface area contributed by atoms with E-state index in [0.717, 1.165) is 0 Å². The lowest BCUT2D eigenvalue weighted by atomic mass is 9.91. The zero-order chi connectivity index (χ0) is 20.6. The third-order valence-electron chi connectivity index (χ3n) is 4.58. The van der Waals surface area contributed by atoms with Gasteiger partial charge in [-0.15, -0.1) is 0 Å². The van der Waals surface area contributed by atoms with Crippen molar-refractivity contribution in [2.45, 2.75) is 39.7 Å². The summed E-state index contributed by atoms with van der Waals surface area (Å²) in [5.74, 6) is -2.65. The smallest absolute Gasteiger partial charge is 0.410 e. The molecule has 0 radical (unpaired) electrons. The molecule has 1 aromatic rings. The van der Waals surface area contributed by atoms with E-state index in [-0.39, 0.29) is 23.6 Å². The van der Waals surface area contributed by atoms with E-state index in [0.29, 0.717) is 18.0 Å². The SMILES string of the molecule is CC1CC(C(=O)ON2C(=O)c3ccccc3C2=O)CN(C(=O)OC(C)(C)C)C1. The Morgan fingerprint density at radius 1 is 1.04 bits per heavy atom. The quantitative estimate of drug-likeness (QED) is 0.723. The van der Waals surface area contributed by atoms with Crippen LogP contribution in [0.2, 0.25) is 0 Å². The number of piperidine rings is 1. The van der Waals surface area contributed by atoms with Crippen LogP contribution in [0.5, 0.6) is 0 Å². The van der Waals surface area contributed by atoms with Crippen molar-refractivity contribution in [2.24, 2.45) is 11.8 Å². The Labute approximate surface area is 163 Å². The van der Waals surface area contributed by atoms with E-state index in [2.05, 4.69) is 0 Å². The fraction of sp³-hybridized carbons (Fsp3) is 0.500. The minimum atomic E-state index is -0.713. The molecule has 0 aromatic heterocycles. The van der Waals surface area contributed by atoms with Crippen LogP contribution < -0.4 is 0 Å². The van der Waals surface area contributed by atoms with Crippen molar-refractivity contribution < 1.29 is 28.8 Å². The molecule has 1 fully saturated rings. The standard InChI is InChI=1S/C20H24N2O6/c1-12-9-13(11-21(10-12)19(26)27-20(2,3)4)18(25)28-22-16(23)14-7-5-6-8-15(14)17(22)24/h5-8,12-13H,9-11H2,1-4H3. The molecule has 0 saturated carbocycles. The average Bonchev–Trinajstić information content (AvgIpc) is 2.85. The highest BCUT2D eigenvalue weighted by Crippen LogP contribution is 2.27. The lowest BCUT2D eigenvalue weighted by Crippen LogP contribution is -2.48. The molecule has 8 heteroatoms. The molecule has 2 aliphatic heterocycles. The third kappa shape index (κ3) is 4.00. The highest BCUT2D eigenvalue weighted by atomic mass is 16.7. The van der Waals surface area contributed by atoms with Crippen molar-refractivity contribution in [2.75, 3.05) is 13.1 Å². The second-order valence-electron chi connectivity index (χ2n) is 8.28. The van der Waals surface area contributed by atoms with Gasteiger partial charge in [0, 0.05) is 13.1 Å². The number of hydrogen-bond donors (Lipinski definition) is 0. The number of carbonyl (C=O) groups is 4. The first-order chi connectivity index (χ1) is 13.1. The third-order valence-corrected chi connectivity index (χ3v) is 4.58. The van der Waals surface area contributed by atoms with Gasteiger partial charge in [-0.3, -0.25) is 9.59 Å². The van der Waals surface area contributed by atoms with Gasteiger partial charge in [-0.2, -0.15) is 0 Å². The van der Waals surface area contributed by atoms with Crippen LogP contribution in [0.1, 0.15) is 54.8 Å². The Morgan fingerprint density at radius 2 is 1.61 bits per heavy atom. The summed E-state index contributed by atoms with van der Waals surface area (Å²) in [5, 5.41) is 0.504. The van der Waals surface area contributed by atoms with Crippen LogP contribution >= 0.6 is 0 Å². The number of hydrogen-bond acceptors (Lipinski definition) is 6. The van der Waals surface area contributed by atoms with Gasteiger partial charge in [0.15, 0.2) is 0 Å². The molecule has 0 aliphatic carbocycles. The summed E-state index contributed by atoms with van der Waals surface area (Å²) in [4.78, 5) is 56.3. The van der Waals surface area contributed by atoms with E-state index in [1.807, 2.05) is 6.92 Å². The molecule has 2 aliphatic rings. The summed E-state index contributed by atoms with van der Waals surface area (Å²) < 4.78 is 5.38. The Bertz CT molecular complexity index is 793. The number of imide groups is 1. The zero-order valence-electron chi connectivity index (χ0n) is 16.4. The van der Waals surface area contributed by atoms with Gasteiger partial charge in [-0.25, -0.2) is 9.59 Å². The van der Waals surface area contributed by atoms with Crippen LogP contribution in [-0.2, 0) is 14.4 Å². The molecule has 150 valence electrons. The van der Waals surface area contributed by atoms with Crippen LogP contribution in [0.4, 0.5) is 4.79 Å². The van der Waals surface area contributed by atoms with Gasteiger partial charge in [-0.05, 0) is 45.2 Å². The number of nitrogens with zero attached hydrogens (tertiary/aromatic N) is 2. The molecule has 2 unspecified atom stereocenters. The van der Waals surface area contributed by atoms with Crippen LogP contribution in [0.25, 0.3) is 0 Å². The molecule has 3 amide bonds. The molecule has 0 spiro atoms. The zero-order valence-corrected chi connectivity index (χ0v) is 16.4. The largest absolute Gasteiger partial charge is 0.444 e. The van der Waals surface area contributed by atoms with Crippen LogP contribution in [-0.4, -0.2) is 52.5 Å². The lowest BCUT2D eigenvalue weighted by molar-refractivity contribution is -0.176. The Kier molecular flexibility index (Phi) is 5.14. The van der Waals surface area contributed by atoms with E-state index in [9.17, 15) is 19.2 Å². The number of likely N-dealkylation sites (tertiary alicyclic amines) is 1. The van der Waals surface area contributed by atoms with Gasteiger partial charge in [0.05, 0.1) is 17.0 Å². The maximum Gasteiger partial charge on any atom is 0.410 e. The van der Waals surface area contributed by atoms with Crippen LogP contribution in [0, 0.1) is 11.8 Å². The first kappa shape index (κ1) is 19.9. The monoisotopic (exact) mass is 388 g/mol. The molecule has 1 aromatic carbocycles. The van der Waals surface area contributed by atoms with E-state index >= 15 is 0 Å². The van der Waals surface area contributed by atoms with Gasteiger partial charge < -0.3 is 14.5 Å². The highest BCUT2D eigenvalue weighted by Gasteiger charge is 2.41. The molecule has 2 atom stereocenters. The molecule has 28 heavy (non-hydrogen) atoms. The van der Waals surface area contributed by atoms with Crippen molar-refractivity contribution in [3.63, 3.8) is 0 Å². The molecule has 2 heterocycles. The summed E-state index contributed by atoms with van der Waals surface area (Å²) in [6, 6.07) is 6.29. The van der Waals surface area contributed by atoms with Crippen molar-refractivity contribution in [1.82, 2.24) is 9.96 Å². The topological polar surface area (TPSA) is 93.2 Å². The normalized spacial score (nSPS) is 22.1. The Morgan fingerprint density at radius 3 is 2.14 bits per heavy atom. The predicted molar refractivity (Wildman–Crippen MR) is 98.1 cm³/mol. The highest BCUT2D eigenvalue weighted by molar-refractivity contribution is 6.20. The number of hydroxylamine groups is 2. The number of fused-ring (bicyclic) bond motifs is 1. The first-order valence-corrected chi connectivity index (χ1v) is 9.24. The molecular formula is C20H24N2O6. The second kappa shape index (κ2) is 7.26. The molecule has 0 N–H and O–H groups in total. The van der Waals surface area contributed by atoms with Gasteiger partial charge in [-0.1, -0.05) is 24.1 Å². The maximum absolute atomic E-state index is 12.6. The van der Waals surface area contributed by atoms with Gasteiger partial charge in [0.2, 0.25) is 0 Å². The number of carbonyl (C=O) groups excluding carboxylic acids is 4. The predicted octanol–water partition coefficient (Wildman–Crippen LogP) is 2.63. The van der Waals surface area contributed by atoms with E-state index in [4.69, 9.17) is 9.57 Å². The number of benzene rings is 1. The van der Waals surface area contributed by atoms with Crippen LogP contribution in [0.3, 0.4) is 0 Å². The second-order valence-corrected chi connectivity index (χ2v) is 8.28. The Hall–Kier alpha value is -2.90. The fourth-order valence-electron chi connectivity index (χ4n) is 3.41. The molecule has 1 saturated heterocycles. The molecule has 3 rings (SSSR count). The van der Waals surface area contributed by atoms with E-state index < -0.39 is 35.4 Å². The van der Waals surface area contributed by atoms with E-state index in [1.165, 1.54) is 17.0 Å². The van der Waals surface area contributed by atoms with Crippen molar-refractivity contribution in [3.05, 3.63) is 35.4 Å². The summed E-state index contributed by atoms with van der Waals surface area (Å²) in [6.45, 7) is 7.80. The summed E-state index contributed by atoms with van der Waals surface area (Å²) in [6.07, 6.45) is -0.0148. The maximum atomic E-state index is 12.6. The minimum absolute atomic E-state index is 0.0426. The number of ether oxygens (including phenoxy) is 1. The minimum Gasteiger partial charge on any atom is -0.444 e. The van der Waals surface area contributed by atoms with Gasteiger partial charge in [0.1, 0.15) is 5.60 Å². The van der Waals surface area contributed by atoms with E-state index in [1.54, 1.807) is 32.9 Å². The molecular weight excluding hydrogens is 364 g/mol. The molecule has 8 nitrogen and oxygen atoms in total. The summed E-state index contributed by atoms with van der Waals surface area (Å²) in [5.41, 5.74) is -0.242. The van der Waals surface area contributed by atoms with Gasteiger partial charge >= 0.3 is 12.1 Å². The number of rotatable bonds is 2. The number of amides is 3. The molecule has 0 bridgehead atoms. The van der Waals surface area contributed by atoms with Crippen molar-refractivity contribution >= 4 is 23.9 Å². The summed E-state index contributed by atoms with van der Waals surface area (Å²) in [7, 11) is 0. The van der Waals surface area contributed by atoms with Crippen molar-refractivity contribution in [3.8, 4) is 0 Å². The fourth-order valence-corrected chi connectivity index (χ4v) is 3.41. The Balaban J connectivity index is 1.68.